The van der Waals surface area contributed by atoms with Gasteiger partial charge < -0.3 is 10.6 Å². The highest BCUT2D eigenvalue weighted by Crippen LogP contribution is 2.23. The molecule has 0 fully saturated rings. The molecule has 2 aromatic rings. The third-order valence-electron chi connectivity index (χ3n) is 2.59. The Labute approximate surface area is 100 Å². The maximum atomic E-state index is 5.51. The van der Waals surface area contributed by atoms with E-state index >= 15 is 0 Å². The first-order valence-electron chi connectivity index (χ1n) is 5.51. The van der Waals surface area contributed by atoms with Crippen LogP contribution in [0.3, 0.4) is 0 Å². The van der Waals surface area contributed by atoms with Gasteiger partial charge in [0, 0.05) is 31.8 Å². The van der Waals surface area contributed by atoms with Crippen molar-refractivity contribution in [1.82, 2.24) is 10.3 Å². The molecule has 17 heavy (non-hydrogen) atoms. The van der Waals surface area contributed by atoms with Gasteiger partial charge in [0.1, 0.15) is 11.4 Å². The van der Waals surface area contributed by atoms with Crippen LogP contribution in [0.1, 0.15) is 5.69 Å². The van der Waals surface area contributed by atoms with Crippen molar-refractivity contribution >= 4 is 5.69 Å². The molecule has 0 bridgehead atoms. The smallest absolute Gasteiger partial charge is 0.138 e. The van der Waals surface area contributed by atoms with Crippen LogP contribution in [-0.2, 0) is 6.42 Å². The van der Waals surface area contributed by atoms with Gasteiger partial charge in [0.25, 0.3) is 0 Å². The molecule has 1 aromatic heterocycles. The van der Waals surface area contributed by atoms with Crippen LogP contribution in [0, 0.1) is 0 Å². The molecule has 0 aliphatic carbocycles. The van der Waals surface area contributed by atoms with Crippen molar-refractivity contribution in [3.8, 4) is 11.3 Å². The summed E-state index contributed by atoms with van der Waals surface area (Å²) in [7, 11) is 4.01. The molecule has 0 radical (unpaired) electrons. The Morgan fingerprint density at radius 3 is 2.47 bits per heavy atom. The highest BCUT2D eigenvalue weighted by molar-refractivity contribution is 5.64. The quantitative estimate of drug-likeness (QED) is 0.860. The lowest BCUT2D eigenvalue weighted by Crippen LogP contribution is -2.08. The molecule has 0 saturated heterocycles. The lowest BCUT2D eigenvalue weighted by Gasteiger charge is -2.12. The number of rotatable bonds is 4. The molecule has 90 valence electrons. The monoisotopic (exact) mass is 232 g/mol. The van der Waals surface area contributed by atoms with E-state index in [0.717, 1.165) is 22.6 Å². The summed E-state index contributed by atoms with van der Waals surface area (Å²) in [4.78, 5) is 2.05. The average Bonchev–Trinajstić information content (AvgIpc) is 2.78. The van der Waals surface area contributed by atoms with Crippen molar-refractivity contribution in [1.29, 1.82) is 0 Å². The van der Waals surface area contributed by atoms with E-state index in [-0.39, 0.29) is 0 Å². The van der Waals surface area contributed by atoms with Crippen LogP contribution in [0.25, 0.3) is 11.3 Å². The third-order valence-corrected chi connectivity index (χ3v) is 2.59. The van der Waals surface area contributed by atoms with Crippen LogP contribution < -0.4 is 10.6 Å². The summed E-state index contributed by atoms with van der Waals surface area (Å²) >= 11 is 0. The molecule has 0 aliphatic rings. The summed E-state index contributed by atoms with van der Waals surface area (Å²) in [6.45, 7) is 0.539. The zero-order valence-electron chi connectivity index (χ0n) is 10.1. The molecule has 1 heterocycles. The van der Waals surface area contributed by atoms with E-state index in [9.17, 15) is 0 Å². The molecular weight excluding hydrogens is 216 g/mol. The fourth-order valence-electron chi connectivity index (χ4n) is 1.64. The number of anilines is 1. The lowest BCUT2D eigenvalue weighted by atomic mass is 10.1. The van der Waals surface area contributed by atoms with Gasteiger partial charge >= 0.3 is 0 Å². The van der Waals surface area contributed by atoms with Crippen LogP contribution in [0.4, 0.5) is 5.69 Å². The van der Waals surface area contributed by atoms with E-state index in [4.69, 9.17) is 10.4 Å². The SMILES string of the molecule is CN(C)c1ccc(-c2nonc2CCN)cc1. The fourth-order valence-corrected chi connectivity index (χ4v) is 1.64. The maximum absolute atomic E-state index is 5.51. The molecule has 5 heteroatoms. The van der Waals surface area contributed by atoms with Gasteiger partial charge in [-0.2, -0.15) is 0 Å². The molecule has 0 spiro atoms. The first-order valence-corrected chi connectivity index (χ1v) is 5.51. The number of benzene rings is 1. The van der Waals surface area contributed by atoms with Gasteiger partial charge in [0.15, 0.2) is 0 Å². The molecule has 0 unspecified atom stereocenters. The molecule has 0 atom stereocenters. The van der Waals surface area contributed by atoms with Gasteiger partial charge in [-0.15, -0.1) is 0 Å². The lowest BCUT2D eigenvalue weighted by molar-refractivity contribution is 0.304. The van der Waals surface area contributed by atoms with Crippen molar-refractivity contribution in [2.24, 2.45) is 5.73 Å². The van der Waals surface area contributed by atoms with Crippen LogP contribution in [0.5, 0.6) is 0 Å². The summed E-state index contributed by atoms with van der Waals surface area (Å²) in [6, 6.07) is 8.09. The van der Waals surface area contributed by atoms with Gasteiger partial charge in [0.2, 0.25) is 0 Å². The number of nitrogens with zero attached hydrogens (tertiary/aromatic N) is 3. The Bertz CT molecular complexity index is 476. The Morgan fingerprint density at radius 2 is 1.88 bits per heavy atom. The van der Waals surface area contributed by atoms with Gasteiger partial charge in [-0.05, 0) is 23.8 Å². The minimum Gasteiger partial charge on any atom is -0.378 e. The molecule has 5 nitrogen and oxygen atoms in total. The Kier molecular flexibility index (Phi) is 3.39. The Morgan fingerprint density at radius 1 is 1.18 bits per heavy atom. The van der Waals surface area contributed by atoms with Crippen LogP contribution in [-0.4, -0.2) is 31.0 Å². The molecule has 2 rings (SSSR count). The van der Waals surface area contributed by atoms with Gasteiger partial charge in [-0.1, -0.05) is 17.3 Å². The van der Waals surface area contributed by atoms with Crippen LogP contribution in [0.15, 0.2) is 28.9 Å². The number of hydrogen-bond donors (Lipinski definition) is 1. The molecule has 2 N–H and O–H groups in total. The highest BCUT2D eigenvalue weighted by Gasteiger charge is 2.11. The van der Waals surface area contributed by atoms with E-state index in [1.807, 2.05) is 43.3 Å². The third kappa shape index (κ3) is 2.45. The number of nitrogens with two attached hydrogens (primary N) is 1. The van der Waals surface area contributed by atoms with Crippen molar-refractivity contribution in [3.05, 3.63) is 30.0 Å². The van der Waals surface area contributed by atoms with Crippen LogP contribution >= 0.6 is 0 Å². The summed E-state index contributed by atoms with van der Waals surface area (Å²) in [5, 5.41) is 7.79. The average molecular weight is 232 g/mol. The standard InChI is InChI=1S/C12H16N4O/c1-16(2)10-5-3-9(4-6-10)12-11(7-8-13)14-17-15-12/h3-6H,7-8,13H2,1-2H3. The zero-order valence-corrected chi connectivity index (χ0v) is 10.1. The predicted octanol–water partition coefficient (Wildman–Crippen LogP) is 1.30. The molecule has 1 aromatic carbocycles. The second kappa shape index (κ2) is 4.97. The van der Waals surface area contributed by atoms with Crippen molar-refractivity contribution < 1.29 is 4.63 Å². The van der Waals surface area contributed by atoms with E-state index in [2.05, 4.69) is 10.3 Å². The van der Waals surface area contributed by atoms with E-state index in [1.54, 1.807) is 0 Å². The zero-order chi connectivity index (χ0) is 12.3. The van der Waals surface area contributed by atoms with Crippen molar-refractivity contribution in [3.63, 3.8) is 0 Å². The second-order valence-electron chi connectivity index (χ2n) is 4.04. The van der Waals surface area contributed by atoms with Crippen molar-refractivity contribution in [2.45, 2.75) is 6.42 Å². The summed E-state index contributed by atoms with van der Waals surface area (Å²) in [5.41, 5.74) is 9.25. The molecule has 0 saturated carbocycles. The maximum Gasteiger partial charge on any atom is 0.138 e. The van der Waals surface area contributed by atoms with Crippen LogP contribution in [0.2, 0.25) is 0 Å². The molecular formula is C12H16N4O. The van der Waals surface area contributed by atoms with E-state index in [1.165, 1.54) is 0 Å². The van der Waals surface area contributed by atoms with E-state index in [0.29, 0.717) is 13.0 Å². The summed E-state index contributed by atoms with van der Waals surface area (Å²) in [5.74, 6) is 0. The molecule has 0 aliphatic heterocycles. The summed E-state index contributed by atoms with van der Waals surface area (Å²) < 4.78 is 4.76. The van der Waals surface area contributed by atoms with Crippen molar-refractivity contribution in [2.75, 3.05) is 25.5 Å². The minimum atomic E-state index is 0.539. The predicted molar refractivity (Wildman–Crippen MR) is 66.8 cm³/mol. The van der Waals surface area contributed by atoms with Gasteiger partial charge in [-0.25, -0.2) is 4.63 Å². The first kappa shape index (κ1) is 11.6. The fraction of sp³-hybridized carbons (Fsp3) is 0.333. The topological polar surface area (TPSA) is 68.2 Å². The van der Waals surface area contributed by atoms with E-state index < -0.39 is 0 Å². The van der Waals surface area contributed by atoms with Gasteiger partial charge in [-0.3, -0.25) is 0 Å². The first-order chi connectivity index (χ1) is 8.22. The normalized spacial score (nSPS) is 10.5. The summed E-state index contributed by atoms with van der Waals surface area (Å²) in [6.07, 6.45) is 0.675. The largest absolute Gasteiger partial charge is 0.378 e. The number of hydrogen-bond acceptors (Lipinski definition) is 5. The Balaban J connectivity index is 2.30. The number of aromatic nitrogens is 2. The minimum absolute atomic E-state index is 0.539. The second-order valence-corrected chi connectivity index (χ2v) is 4.04. The van der Waals surface area contributed by atoms with Gasteiger partial charge in [0.05, 0.1) is 0 Å². The Hall–Kier alpha value is -1.88. The molecule has 0 amide bonds. The highest BCUT2D eigenvalue weighted by atomic mass is 16.6.